The first kappa shape index (κ1) is 11.3. The second-order valence-corrected chi connectivity index (χ2v) is 4.36. The summed E-state index contributed by atoms with van der Waals surface area (Å²) in [6.07, 6.45) is 1.10. The summed E-state index contributed by atoms with van der Waals surface area (Å²) < 4.78 is 0. The van der Waals surface area contributed by atoms with Gasteiger partial charge in [0.05, 0.1) is 0 Å². The lowest BCUT2D eigenvalue weighted by atomic mass is 9.39. The molecule has 2 heteroatoms. The summed E-state index contributed by atoms with van der Waals surface area (Å²) in [4.78, 5) is 0. The van der Waals surface area contributed by atoms with E-state index in [0.29, 0.717) is 6.71 Å². The Hall–Kier alpha value is -1.21. The van der Waals surface area contributed by atoms with Gasteiger partial charge in [-0.3, -0.25) is 0 Å². The molecular formula is C14H14BCl-. The molecule has 0 aliphatic carbocycles. The summed E-state index contributed by atoms with van der Waals surface area (Å²) in [6.45, 7) is 2.69. The lowest BCUT2D eigenvalue weighted by Crippen LogP contribution is -2.41. The van der Waals surface area contributed by atoms with Crippen molar-refractivity contribution in [1.82, 2.24) is 0 Å². The van der Waals surface area contributed by atoms with Crippen LogP contribution in [-0.4, -0.2) is 6.71 Å². The van der Waals surface area contributed by atoms with Gasteiger partial charge in [0, 0.05) is 5.02 Å². The highest BCUT2D eigenvalue weighted by atomic mass is 35.5. The van der Waals surface area contributed by atoms with Crippen LogP contribution >= 0.6 is 11.6 Å². The second-order valence-electron chi connectivity index (χ2n) is 3.92. The van der Waals surface area contributed by atoms with E-state index in [1.165, 1.54) is 10.9 Å². The molecule has 0 atom stereocenters. The molecule has 0 saturated carbocycles. The zero-order chi connectivity index (χ0) is 11.4. The van der Waals surface area contributed by atoms with E-state index in [2.05, 4.69) is 49.4 Å². The van der Waals surface area contributed by atoms with Crippen LogP contribution in [0.5, 0.6) is 0 Å². The minimum Gasteiger partial charge on any atom is -0.239 e. The molecule has 2 aromatic rings. The Bertz CT molecular complexity index is 436. The fraction of sp³-hybridized carbons (Fsp3) is 0.143. The van der Waals surface area contributed by atoms with Gasteiger partial charge < -0.3 is 0 Å². The first-order valence-electron chi connectivity index (χ1n) is 5.61. The number of hydrogen-bond donors (Lipinski definition) is 0. The molecule has 0 bridgehead atoms. The smallest absolute Gasteiger partial charge is 0.0403 e. The van der Waals surface area contributed by atoms with E-state index < -0.39 is 0 Å². The van der Waals surface area contributed by atoms with Gasteiger partial charge in [-0.25, -0.2) is 17.2 Å². The van der Waals surface area contributed by atoms with Crippen molar-refractivity contribution in [2.45, 2.75) is 13.2 Å². The fourth-order valence-electron chi connectivity index (χ4n) is 2.04. The van der Waals surface area contributed by atoms with Crippen molar-refractivity contribution in [1.29, 1.82) is 0 Å². The predicted octanol–water partition coefficient (Wildman–Crippen LogP) is 2.97. The third-order valence-electron chi connectivity index (χ3n) is 2.88. The minimum atomic E-state index is 0.471. The van der Waals surface area contributed by atoms with E-state index in [4.69, 9.17) is 11.6 Å². The molecule has 1 radical (unpaired) electrons. The number of hydrogen-bond acceptors (Lipinski definition) is 0. The minimum absolute atomic E-state index is 0.471. The summed E-state index contributed by atoms with van der Waals surface area (Å²) in [5.41, 5.74) is 2.70. The zero-order valence-corrected chi connectivity index (χ0v) is 10.1. The van der Waals surface area contributed by atoms with E-state index in [1.807, 2.05) is 12.1 Å². The molecule has 0 N–H and O–H groups in total. The summed E-state index contributed by atoms with van der Waals surface area (Å²) in [7, 11) is 0. The van der Waals surface area contributed by atoms with Crippen molar-refractivity contribution >= 4 is 29.2 Å². The van der Waals surface area contributed by atoms with Crippen molar-refractivity contribution in [3.05, 3.63) is 59.6 Å². The third kappa shape index (κ3) is 2.48. The Morgan fingerprint density at radius 1 is 0.875 bits per heavy atom. The average Bonchev–Trinajstić information content (AvgIpc) is 2.34. The van der Waals surface area contributed by atoms with E-state index in [-0.39, 0.29) is 0 Å². The molecule has 0 amide bonds. The molecule has 0 saturated heterocycles. The van der Waals surface area contributed by atoms with Gasteiger partial charge in [0.25, 0.3) is 0 Å². The quantitative estimate of drug-likeness (QED) is 0.709. The monoisotopic (exact) mass is 228 g/mol. The average molecular weight is 229 g/mol. The maximum atomic E-state index is 5.91. The van der Waals surface area contributed by atoms with Crippen molar-refractivity contribution in [2.75, 3.05) is 0 Å². The number of benzene rings is 2. The fourth-order valence-corrected chi connectivity index (χ4v) is 2.17. The van der Waals surface area contributed by atoms with Crippen molar-refractivity contribution < 1.29 is 0 Å². The first-order chi connectivity index (χ1) is 7.81. The zero-order valence-electron chi connectivity index (χ0n) is 9.36. The van der Waals surface area contributed by atoms with Gasteiger partial charge >= 0.3 is 0 Å². The predicted molar refractivity (Wildman–Crippen MR) is 73.4 cm³/mol. The largest absolute Gasteiger partial charge is 0.239 e. The summed E-state index contributed by atoms with van der Waals surface area (Å²) >= 11 is 5.91. The standard InChI is InChI=1S/C14H14BCl/c1-2-15(12-6-4-3-5-7-12)13-8-10-14(16)11-9-13/h3-11H,2H2,1H3/q-1. The van der Waals surface area contributed by atoms with Gasteiger partial charge in [0.15, 0.2) is 0 Å². The maximum Gasteiger partial charge on any atom is 0.0403 e. The molecule has 81 valence electrons. The molecule has 0 heterocycles. The highest BCUT2D eigenvalue weighted by Crippen LogP contribution is 2.05. The molecular weight excluding hydrogens is 214 g/mol. The lowest BCUT2D eigenvalue weighted by molar-refractivity contribution is 1.43. The van der Waals surface area contributed by atoms with Gasteiger partial charge in [0.1, 0.15) is 0 Å². The molecule has 2 aromatic carbocycles. The lowest BCUT2D eigenvalue weighted by Gasteiger charge is -2.27. The van der Waals surface area contributed by atoms with Crippen molar-refractivity contribution in [3.63, 3.8) is 0 Å². The Morgan fingerprint density at radius 3 is 2.00 bits per heavy atom. The van der Waals surface area contributed by atoms with Crippen LogP contribution in [0.4, 0.5) is 0 Å². The molecule has 0 spiro atoms. The molecule has 0 aliphatic rings. The van der Waals surface area contributed by atoms with Gasteiger partial charge in [-0.1, -0.05) is 55.6 Å². The van der Waals surface area contributed by atoms with E-state index >= 15 is 0 Å². The topological polar surface area (TPSA) is 0 Å². The van der Waals surface area contributed by atoms with Crippen LogP contribution in [0.2, 0.25) is 11.3 Å². The highest BCUT2D eigenvalue weighted by molar-refractivity contribution is 6.85. The van der Waals surface area contributed by atoms with Gasteiger partial charge in [-0.15, -0.1) is 12.1 Å². The third-order valence-corrected chi connectivity index (χ3v) is 3.13. The Balaban J connectivity index is 2.33. The summed E-state index contributed by atoms with van der Waals surface area (Å²) in [5, 5.41) is 0.798. The van der Waals surface area contributed by atoms with Crippen LogP contribution in [0, 0.1) is 0 Å². The Morgan fingerprint density at radius 2 is 1.44 bits per heavy atom. The molecule has 0 nitrogen and oxygen atoms in total. The first-order valence-corrected chi connectivity index (χ1v) is 5.99. The van der Waals surface area contributed by atoms with E-state index in [1.54, 1.807) is 0 Å². The molecule has 16 heavy (non-hydrogen) atoms. The van der Waals surface area contributed by atoms with Crippen LogP contribution in [-0.2, 0) is 0 Å². The Kier molecular flexibility index (Phi) is 3.68. The van der Waals surface area contributed by atoms with Crippen molar-refractivity contribution in [2.24, 2.45) is 0 Å². The normalized spacial score (nSPS) is 10.7. The summed E-state index contributed by atoms with van der Waals surface area (Å²) in [6, 6.07) is 18.8. The number of halogens is 1. The van der Waals surface area contributed by atoms with Gasteiger partial charge in [0.2, 0.25) is 0 Å². The maximum absolute atomic E-state index is 5.91. The van der Waals surface area contributed by atoms with Crippen LogP contribution in [0.25, 0.3) is 0 Å². The van der Waals surface area contributed by atoms with Gasteiger partial charge in [-0.05, 0) is 12.1 Å². The molecule has 0 aromatic heterocycles. The van der Waals surface area contributed by atoms with Crippen LogP contribution in [0.15, 0.2) is 54.6 Å². The van der Waals surface area contributed by atoms with Crippen molar-refractivity contribution in [3.8, 4) is 0 Å². The molecule has 0 aliphatic heterocycles. The molecule has 0 fully saturated rings. The molecule has 2 rings (SSSR count). The molecule has 0 unspecified atom stereocenters. The van der Waals surface area contributed by atoms with Crippen LogP contribution in [0.3, 0.4) is 0 Å². The van der Waals surface area contributed by atoms with Crippen LogP contribution < -0.4 is 10.9 Å². The number of rotatable bonds is 3. The second kappa shape index (κ2) is 5.22. The summed E-state index contributed by atoms with van der Waals surface area (Å²) in [5.74, 6) is 0. The highest BCUT2D eigenvalue weighted by Gasteiger charge is 2.00. The van der Waals surface area contributed by atoms with E-state index in [9.17, 15) is 0 Å². The SMILES string of the molecule is CC[B-](c1ccccc1)c1ccc(Cl)cc1. The van der Waals surface area contributed by atoms with Gasteiger partial charge in [-0.2, -0.15) is 0 Å². The Labute approximate surface area is 102 Å². The van der Waals surface area contributed by atoms with E-state index in [0.717, 1.165) is 11.3 Å². The van der Waals surface area contributed by atoms with Crippen LogP contribution in [0.1, 0.15) is 6.92 Å².